The highest BCUT2D eigenvalue weighted by Gasteiger charge is 2.08. The topological polar surface area (TPSA) is 58.9 Å². The van der Waals surface area contributed by atoms with E-state index in [0.717, 1.165) is 79.6 Å². The van der Waals surface area contributed by atoms with Crippen LogP contribution in [0.1, 0.15) is 62.5 Å². The van der Waals surface area contributed by atoms with Crippen molar-refractivity contribution in [1.82, 2.24) is 0 Å². The molecule has 3 aromatic carbocycles. The normalized spacial score (nSPS) is 11.0. The number of aliphatic hydroxyl groups excluding tert-OH is 2. The van der Waals surface area contributed by atoms with Crippen molar-refractivity contribution in [1.29, 1.82) is 0 Å². The molecule has 0 aliphatic rings. The van der Waals surface area contributed by atoms with Gasteiger partial charge in [0.25, 0.3) is 0 Å². The Balaban J connectivity index is 1.47. The van der Waals surface area contributed by atoms with Crippen LogP contribution in [0, 0.1) is 5.82 Å². The van der Waals surface area contributed by atoms with E-state index >= 15 is 0 Å². The Hall–Kier alpha value is -2.89. The lowest BCUT2D eigenvalue weighted by molar-refractivity contribution is 0.273. The number of aliphatic hydroxyl groups is 2. The molecule has 0 unspecified atom stereocenters. The van der Waals surface area contributed by atoms with Gasteiger partial charge in [0.15, 0.2) is 0 Å². The van der Waals surface area contributed by atoms with E-state index in [0.29, 0.717) is 25.2 Å². The van der Waals surface area contributed by atoms with Crippen LogP contribution in [-0.4, -0.2) is 36.6 Å². The van der Waals surface area contributed by atoms with Crippen LogP contribution in [0.4, 0.5) is 4.39 Å². The molecule has 5 heteroatoms. The molecule has 0 atom stereocenters. The SMILES string of the molecule is OCCCCCCOc1ccc(Cc2ccc(-c3ccc(OCCCCCCO)cc3)c(F)c2)cc1. The van der Waals surface area contributed by atoms with Crippen molar-refractivity contribution in [2.45, 2.75) is 57.8 Å². The first kappa shape index (κ1) is 27.7. The first-order chi connectivity index (χ1) is 17.7. The summed E-state index contributed by atoms with van der Waals surface area (Å²) in [4.78, 5) is 0. The van der Waals surface area contributed by atoms with Gasteiger partial charge in [-0.2, -0.15) is 0 Å². The van der Waals surface area contributed by atoms with E-state index in [1.165, 1.54) is 0 Å². The van der Waals surface area contributed by atoms with Crippen molar-refractivity contribution in [3.63, 3.8) is 0 Å². The van der Waals surface area contributed by atoms with Crippen LogP contribution >= 0.6 is 0 Å². The van der Waals surface area contributed by atoms with Gasteiger partial charge in [-0.3, -0.25) is 0 Å². The maximum atomic E-state index is 14.9. The van der Waals surface area contributed by atoms with Crippen LogP contribution in [0.5, 0.6) is 11.5 Å². The molecule has 0 aliphatic carbocycles. The van der Waals surface area contributed by atoms with E-state index in [2.05, 4.69) is 0 Å². The number of hydrogen-bond acceptors (Lipinski definition) is 4. The Labute approximate surface area is 214 Å². The molecule has 0 aliphatic heterocycles. The summed E-state index contributed by atoms with van der Waals surface area (Å²) < 4.78 is 26.5. The van der Waals surface area contributed by atoms with Crippen LogP contribution in [-0.2, 0) is 6.42 Å². The van der Waals surface area contributed by atoms with Crippen molar-refractivity contribution in [3.8, 4) is 22.6 Å². The summed E-state index contributed by atoms with van der Waals surface area (Å²) in [5.41, 5.74) is 3.44. The maximum Gasteiger partial charge on any atom is 0.131 e. The smallest absolute Gasteiger partial charge is 0.131 e. The highest BCUT2D eigenvalue weighted by atomic mass is 19.1. The van der Waals surface area contributed by atoms with Gasteiger partial charge < -0.3 is 19.7 Å². The maximum absolute atomic E-state index is 14.9. The molecule has 0 aromatic heterocycles. The monoisotopic (exact) mass is 494 g/mol. The molecular formula is C31H39FO4. The van der Waals surface area contributed by atoms with Crippen LogP contribution in [0.3, 0.4) is 0 Å². The molecule has 2 N–H and O–H groups in total. The van der Waals surface area contributed by atoms with Gasteiger partial charge >= 0.3 is 0 Å². The number of benzene rings is 3. The Morgan fingerprint density at radius 1 is 0.556 bits per heavy atom. The van der Waals surface area contributed by atoms with E-state index in [4.69, 9.17) is 19.7 Å². The van der Waals surface area contributed by atoms with E-state index in [1.54, 1.807) is 6.07 Å². The minimum absolute atomic E-state index is 0.230. The lowest BCUT2D eigenvalue weighted by Crippen LogP contribution is -1.98. The largest absolute Gasteiger partial charge is 0.494 e. The Kier molecular flexibility index (Phi) is 12.3. The van der Waals surface area contributed by atoms with Crippen molar-refractivity contribution in [2.24, 2.45) is 0 Å². The molecule has 0 spiro atoms. The van der Waals surface area contributed by atoms with Crippen molar-refractivity contribution < 1.29 is 24.1 Å². The minimum Gasteiger partial charge on any atom is -0.494 e. The van der Waals surface area contributed by atoms with Crippen LogP contribution in [0.15, 0.2) is 66.7 Å². The van der Waals surface area contributed by atoms with E-state index in [1.807, 2.05) is 60.7 Å². The summed E-state index contributed by atoms with van der Waals surface area (Å²) in [6, 6.07) is 21.0. The quantitative estimate of drug-likeness (QED) is 0.199. The third kappa shape index (κ3) is 9.63. The van der Waals surface area contributed by atoms with Gasteiger partial charge in [-0.1, -0.05) is 49.2 Å². The fourth-order valence-corrected chi connectivity index (χ4v) is 4.09. The van der Waals surface area contributed by atoms with Crippen molar-refractivity contribution in [2.75, 3.05) is 26.4 Å². The first-order valence-corrected chi connectivity index (χ1v) is 13.1. The number of hydrogen-bond donors (Lipinski definition) is 2. The van der Waals surface area contributed by atoms with Crippen molar-refractivity contribution in [3.05, 3.63) is 83.7 Å². The van der Waals surface area contributed by atoms with E-state index in [9.17, 15) is 4.39 Å². The molecule has 3 rings (SSSR count). The first-order valence-electron chi connectivity index (χ1n) is 13.1. The Morgan fingerprint density at radius 2 is 1.06 bits per heavy atom. The molecule has 0 saturated carbocycles. The standard InChI is InChI=1S/C31H39FO4/c32-31-24-26(23-25-9-14-28(15-10-25)35-21-7-3-1-5-19-33)11-18-30(31)27-12-16-29(17-13-27)36-22-8-4-2-6-20-34/h9-18,24,33-34H,1-8,19-23H2. The average molecular weight is 495 g/mol. The summed E-state index contributed by atoms with van der Waals surface area (Å²) in [5, 5.41) is 17.6. The summed E-state index contributed by atoms with van der Waals surface area (Å²) in [5.74, 6) is 1.40. The van der Waals surface area contributed by atoms with Gasteiger partial charge in [-0.15, -0.1) is 0 Å². The Bertz CT molecular complexity index is 1000. The number of rotatable bonds is 17. The molecule has 4 nitrogen and oxygen atoms in total. The summed E-state index contributed by atoms with van der Waals surface area (Å²) >= 11 is 0. The second kappa shape index (κ2) is 16.0. The highest BCUT2D eigenvalue weighted by molar-refractivity contribution is 5.65. The highest BCUT2D eigenvalue weighted by Crippen LogP contribution is 2.27. The van der Waals surface area contributed by atoms with Crippen molar-refractivity contribution >= 4 is 0 Å². The zero-order valence-corrected chi connectivity index (χ0v) is 21.1. The lowest BCUT2D eigenvalue weighted by Gasteiger charge is -2.10. The number of ether oxygens (including phenoxy) is 2. The predicted molar refractivity (Wildman–Crippen MR) is 143 cm³/mol. The zero-order valence-electron chi connectivity index (χ0n) is 21.1. The van der Waals surface area contributed by atoms with Gasteiger partial charge in [0.2, 0.25) is 0 Å². The zero-order chi connectivity index (χ0) is 25.4. The van der Waals surface area contributed by atoms with E-state index < -0.39 is 0 Å². The molecule has 0 bridgehead atoms. The predicted octanol–water partition coefficient (Wildman–Crippen LogP) is 6.95. The molecule has 0 amide bonds. The van der Waals surface area contributed by atoms with E-state index in [-0.39, 0.29) is 19.0 Å². The van der Waals surface area contributed by atoms with Gasteiger partial charge in [0.1, 0.15) is 17.3 Å². The second-order valence-corrected chi connectivity index (χ2v) is 9.13. The third-order valence-corrected chi connectivity index (χ3v) is 6.17. The molecule has 3 aromatic rings. The van der Waals surface area contributed by atoms with Crippen LogP contribution < -0.4 is 9.47 Å². The molecular weight excluding hydrogens is 455 g/mol. The Morgan fingerprint density at radius 3 is 1.58 bits per heavy atom. The summed E-state index contributed by atoms with van der Waals surface area (Å²) in [7, 11) is 0. The summed E-state index contributed by atoms with van der Waals surface area (Å²) in [6.45, 7) is 1.82. The fourth-order valence-electron chi connectivity index (χ4n) is 4.09. The molecule has 0 saturated heterocycles. The summed E-state index contributed by atoms with van der Waals surface area (Å²) in [6.07, 6.45) is 8.44. The fraction of sp³-hybridized carbons (Fsp3) is 0.419. The van der Waals surface area contributed by atoms with Crippen LogP contribution in [0.25, 0.3) is 11.1 Å². The molecule has 0 fully saturated rings. The molecule has 194 valence electrons. The molecule has 0 radical (unpaired) electrons. The molecule has 36 heavy (non-hydrogen) atoms. The van der Waals surface area contributed by atoms with Gasteiger partial charge in [0.05, 0.1) is 13.2 Å². The van der Waals surface area contributed by atoms with Gasteiger partial charge in [-0.25, -0.2) is 4.39 Å². The van der Waals surface area contributed by atoms with Gasteiger partial charge in [-0.05, 0) is 92.0 Å². The van der Waals surface area contributed by atoms with Crippen LogP contribution in [0.2, 0.25) is 0 Å². The van der Waals surface area contributed by atoms with Gasteiger partial charge in [0, 0.05) is 18.8 Å². The third-order valence-electron chi connectivity index (χ3n) is 6.17. The average Bonchev–Trinajstić information content (AvgIpc) is 2.90. The lowest BCUT2D eigenvalue weighted by atomic mass is 9.99. The molecule has 0 heterocycles. The second-order valence-electron chi connectivity index (χ2n) is 9.13. The number of unbranched alkanes of at least 4 members (excludes halogenated alkanes) is 6. The minimum atomic E-state index is -0.230. The number of halogens is 1.